The van der Waals surface area contributed by atoms with Gasteiger partial charge in [-0.2, -0.15) is 11.8 Å². The molecule has 1 aromatic rings. The lowest BCUT2D eigenvalue weighted by atomic mass is 10.2. The van der Waals surface area contributed by atoms with Crippen LogP contribution in [-0.2, 0) is 16.1 Å². The quantitative estimate of drug-likeness (QED) is 0.682. The van der Waals surface area contributed by atoms with Crippen molar-refractivity contribution in [2.75, 3.05) is 25.2 Å². The number of carbonyl (C=O) groups excluding carboxylic acids is 1. The van der Waals surface area contributed by atoms with E-state index in [0.717, 1.165) is 11.3 Å². The highest BCUT2D eigenvalue weighted by atomic mass is 35.5. The Kier molecular flexibility index (Phi) is 11.6. The number of hydrogen-bond acceptors (Lipinski definition) is 4. The zero-order valence-corrected chi connectivity index (χ0v) is 13.3. The van der Waals surface area contributed by atoms with E-state index in [1.807, 2.05) is 36.6 Å². The highest BCUT2D eigenvalue weighted by molar-refractivity contribution is 7.98. The van der Waals surface area contributed by atoms with E-state index in [0.29, 0.717) is 26.2 Å². The van der Waals surface area contributed by atoms with E-state index < -0.39 is 6.04 Å². The number of rotatable bonds is 9. The summed E-state index contributed by atoms with van der Waals surface area (Å²) in [5, 5.41) is 2.78. The lowest BCUT2D eigenvalue weighted by Crippen LogP contribution is -2.42. The summed E-state index contributed by atoms with van der Waals surface area (Å²) in [4.78, 5) is 11.6. The van der Waals surface area contributed by atoms with Crippen LogP contribution < -0.4 is 11.1 Å². The molecule has 0 aliphatic heterocycles. The molecule has 0 aromatic heterocycles. The minimum absolute atomic E-state index is 0. The van der Waals surface area contributed by atoms with Gasteiger partial charge >= 0.3 is 0 Å². The van der Waals surface area contributed by atoms with Gasteiger partial charge in [0.1, 0.15) is 0 Å². The monoisotopic (exact) mass is 318 g/mol. The van der Waals surface area contributed by atoms with E-state index in [1.54, 1.807) is 11.8 Å². The van der Waals surface area contributed by atoms with E-state index in [-0.39, 0.29) is 18.3 Å². The molecular formula is C14H23ClN2O2S. The maximum Gasteiger partial charge on any atom is 0.237 e. The molecule has 20 heavy (non-hydrogen) atoms. The van der Waals surface area contributed by atoms with Crippen LogP contribution in [0.1, 0.15) is 12.0 Å². The summed E-state index contributed by atoms with van der Waals surface area (Å²) in [5.41, 5.74) is 6.87. The molecule has 0 saturated heterocycles. The van der Waals surface area contributed by atoms with Crippen LogP contribution in [0.2, 0.25) is 0 Å². The lowest BCUT2D eigenvalue weighted by molar-refractivity contribution is -0.122. The second-order valence-corrected chi connectivity index (χ2v) is 5.20. The van der Waals surface area contributed by atoms with Crippen LogP contribution in [0.3, 0.4) is 0 Å². The Bertz CT molecular complexity index is 365. The molecule has 0 saturated carbocycles. The van der Waals surface area contributed by atoms with Gasteiger partial charge in [0.05, 0.1) is 19.3 Å². The third-order valence-electron chi connectivity index (χ3n) is 2.63. The molecular weight excluding hydrogens is 296 g/mol. The third-order valence-corrected chi connectivity index (χ3v) is 3.27. The summed E-state index contributed by atoms with van der Waals surface area (Å²) in [6, 6.07) is 9.53. The molecule has 0 heterocycles. The van der Waals surface area contributed by atoms with Crippen LogP contribution >= 0.6 is 24.2 Å². The molecule has 1 amide bonds. The molecule has 1 atom stereocenters. The standard InChI is InChI=1S/C14H22N2O2S.ClH/c1-19-10-7-13(15)14(17)16-8-9-18-11-12-5-3-2-4-6-12;/h2-6,13H,7-11,15H2,1H3,(H,16,17);1H/t13-;/m0./s1. The fraction of sp³-hybridized carbons (Fsp3) is 0.500. The second-order valence-electron chi connectivity index (χ2n) is 4.22. The predicted octanol–water partition coefficient (Wildman–Crippen LogP) is 1.82. The van der Waals surface area contributed by atoms with Crippen molar-refractivity contribution >= 4 is 30.1 Å². The van der Waals surface area contributed by atoms with E-state index in [4.69, 9.17) is 10.5 Å². The number of hydrogen-bond donors (Lipinski definition) is 2. The van der Waals surface area contributed by atoms with Gasteiger partial charge in [-0.1, -0.05) is 30.3 Å². The first kappa shape index (κ1) is 19.2. The molecule has 0 unspecified atom stereocenters. The summed E-state index contributed by atoms with van der Waals surface area (Å²) in [6.45, 7) is 1.56. The number of nitrogens with one attached hydrogen (secondary N) is 1. The van der Waals surface area contributed by atoms with Crippen LogP contribution in [-0.4, -0.2) is 37.1 Å². The number of thioether (sulfide) groups is 1. The van der Waals surface area contributed by atoms with Gasteiger partial charge in [-0.15, -0.1) is 12.4 Å². The topological polar surface area (TPSA) is 64.4 Å². The van der Waals surface area contributed by atoms with E-state index >= 15 is 0 Å². The largest absolute Gasteiger partial charge is 0.375 e. The molecule has 1 rings (SSSR count). The van der Waals surface area contributed by atoms with Crippen molar-refractivity contribution in [2.24, 2.45) is 5.73 Å². The van der Waals surface area contributed by atoms with Crippen molar-refractivity contribution in [3.05, 3.63) is 35.9 Å². The number of amides is 1. The van der Waals surface area contributed by atoms with Crippen LogP contribution in [0.4, 0.5) is 0 Å². The van der Waals surface area contributed by atoms with Crippen molar-refractivity contribution in [3.8, 4) is 0 Å². The number of halogens is 1. The summed E-state index contributed by atoms with van der Waals surface area (Å²) >= 11 is 1.69. The van der Waals surface area contributed by atoms with Crippen LogP contribution in [0.5, 0.6) is 0 Å². The van der Waals surface area contributed by atoms with Crippen molar-refractivity contribution in [1.82, 2.24) is 5.32 Å². The summed E-state index contributed by atoms with van der Waals surface area (Å²) in [7, 11) is 0. The van der Waals surface area contributed by atoms with E-state index in [2.05, 4.69) is 5.32 Å². The first-order valence-electron chi connectivity index (χ1n) is 6.38. The number of nitrogens with two attached hydrogens (primary N) is 1. The van der Waals surface area contributed by atoms with Gasteiger partial charge in [0.2, 0.25) is 5.91 Å². The van der Waals surface area contributed by atoms with Gasteiger partial charge in [0.15, 0.2) is 0 Å². The third kappa shape index (κ3) is 8.43. The van der Waals surface area contributed by atoms with Crippen LogP contribution in [0.15, 0.2) is 30.3 Å². The van der Waals surface area contributed by atoms with Crippen molar-refractivity contribution < 1.29 is 9.53 Å². The Labute approximate surface area is 131 Å². The molecule has 0 spiro atoms. The van der Waals surface area contributed by atoms with Gasteiger partial charge in [0.25, 0.3) is 0 Å². The Morgan fingerprint density at radius 2 is 2.10 bits per heavy atom. The van der Waals surface area contributed by atoms with Gasteiger partial charge in [-0.3, -0.25) is 4.79 Å². The molecule has 3 N–H and O–H groups in total. The smallest absolute Gasteiger partial charge is 0.237 e. The number of ether oxygens (including phenoxy) is 1. The Morgan fingerprint density at radius 1 is 1.40 bits per heavy atom. The summed E-state index contributed by atoms with van der Waals surface area (Å²) in [5.74, 6) is 0.802. The van der Waals surface area contributed by atoms with Gasteiger partial charge < -0.3 is 15.8 Å². The first-order chi connectivity index (χ1) is 9.24. The lowest BCUT2D eigenvalue weighted by Gasteiger charge is -2.11. The Morgan fingerprint density at radius 3 is 2.75 bits per heavy atom. The number of benzene rings is 1. The normalized spacial score (nSPS) is 11.5. The van der Waals surface area contributed by atoms with Gasteiger partial charge in [-0.25, -0.2) is 0 Å². The minimum atomic E-state index is -0.415. The van der Waals surface area contributed by atoms with Crippen molar-refractivity contribution in [2.45, 2.75) is 19.1 Å². The summed E-state index contributed by atoms with van der Waals surface area (Å²) < 4.78 is 5.47. The average Bonchev–Trinajstić information content (AvgIpc) is 2.45. The van der Waals surface area contributed by atoms with Crippen LogP contribution in [0, 0.1) is 0 Å². The SMILES string of the molecule is CSCC[C@H](N)C(=O)NCCOCc1ccccc1.Cl. The van der Waals surface area contributed by atoms with E-state index in [9.17, 15) is 4.79 Å². The molecule has 0 bridgehead atoms. The fourth-order valence-electron chi connectivity index (χ4n) is 1.52. The van der Waals surface area contributed by atoms with E-state index in [1.165, 1.54) is 0 Å². The molecule has 0 aliphatic carbocycles. The second kappa shape index (κ2) is 12.0. The van der Waals surface area contributed by atoms with Gasteiger partial charge in [-0.05, 0) is 24.0 Å². The Balaban J connectivity index is 0.00000361. The van der Waals surface area contributed by atoms with Crippen molar-refractivity contribution in [1.29, 1.82) is 0 Å². The van der Waals surface area contributed by atoms with Crippen molar-refractivity contribution in [3.63, 3.8) is 0 Å². The molecule has 4 nitrogen and oxygen atoms in total. The first-order valence-corrected chi connectivity index (χ1v) is 7.77. The minimum Gasteiger partial charge on any atom is -0.375 e. The predicted molar refractivity (Wildman–Crippen MR) is 87.3 cm³/mol. The highest BCUT2D eigenvalue weighted by Crippen LogP contribution is 2.00. The van der Waals surface area contributed by atoms with Crippen LogP contribution in [0.25, 0.3) is 0 Å². The average molecular weight is 319 g/mol. The Hall–Kier alpha value is -0.750. The zero-order valence-electron chi connectivity index (χ0n) is 11.7. The fourth-order valence-corrected chi connectivity index (χ4v) is 2.01. The number of carbonyl (C=O) groups is 1. The summed E-state index contributed by atoms with van der Waals surface area (Å²) in [6.07, 6.45) is 2.71. The highest BCUT2D eigenvalue weighted by Gasteiger charge is 2.11. The molecule has 0 aliphatic rings. The van der Waals surface area contributed by atoms with Gasteiger partial charge in [0, 0.05) is 6.54 Å². The molecule has 0 fully saturated rings. The zero-order chi connectivity index (χ0) is 13.9. The maximum absolute atomic E-state index is 11.6. The molecule has 0 radical (unpaired) electrons. The molecule has 1 aromatic carbocycles. The molecule has 6 heteroatoms. The molecule has 114 valence electrons. The maximum atomic E-state index is 11.6.